The van der Waals surface area contributed by atoms with Gasteiger partial charge in [-0.15, -0.1) is 0 Å². The van der Waals surface area contributed by atoms with E-state index in [4.69, 9.17) is 16.7 Å². The molecule has 32 heavy (non-hydrogen) atoms. The van der Waals surface area contributed by atoms with Crippen LogP contribution in [0.5, 0.6) is 0 Å². The van der Waals surface area contributed by atoms with Gasteiger partial charge in [0.25, 0.3) is 0 Å². The van der Waals surface area contributed by atoms with Gasteiger partial charge >= 0.3 is 23.8 Å². The summed E-state index contributed by atoms with van der Waals surface area (Å²) in [6, 6.07) is 13.6. The number of aliphatic hydroxyl groups excluding tert-OH is 1. The number of carboxylic acid groups (broad SMARTS) is 1. The molecule has 0 aromatic heterocycles. The fourth-order valence-electron chi connectivity index (χ4n) is 2.86. The molecule has 0 heterocycles. The fourth-order valence-corrected chi connectivity index (χ4v) is 3.05. The summed E-state index contributed by atoms with van der Waals surface area (Å²) < 4.78 is 9.09. The quantitative estimate of drug-likeness (QED) is 0.291. The van der Waals surface area contributed by atoms with Crippen molar-refractivity contribution >= 4 is 35.4 Å². The van der Waals surface area contributed by atoms with E-state index in [0.29, 0.717) is 5.02 Å². The van der Waals surface area contributed by atoms with Crippen molar-refractivity contribution in [3.05, 3.63) is 59.1 Å². The van der Waals surface area contributed by atoms with Gasteiger partial charge in [0.1, 0.15) is 0 Å². The topological polar surface area (TPSA) is 139 Å². The molecule has 0 aliphatic heterocycles. The molecule has 0 radical (unpaired) electrons. The molecule has 2 aromatic rings. The molecule has 3 N–H and O–H groups in total. The number of nitrogens with one attached hydrogen (secondary N) is 1. The van der Waals surface area contributed by atoms with Gasteiger partial charge in [-0.1, -0.05) is 48.0 Å². The summed E-state index contributed by atoms with van der Waals surface area (Å²) in [4.78, 5) is 45.1. The molecule has 2 atom stereocenters. The maximum atomic E-state index is 11.9. The normalized spacial score (nSPS) is 12.3. The van der Waals surface area contributed by atoms with Crippen molar-refractivity contribution in [2.24, 2.45) is 0 Å². The molecule has 2 aromatic carbocycles. The lowest BCUT2D eigenvalue weighted by Gasteiger charge is -2.20. The van der Waals surface area contributed by atoms with E-state index < -0.39 is 42.8 Å². The molecule has 0 bridgehead atoms. The minimum atomic E-state index is -1.70. The van der Waals surface area contributed by atoms with E-state index in [1.54, 1.807) is 18.2 Å². The van der Waals surface area contributed by atoms with Crippen molar-refractivity contribution in [1.29, 1.82) is 0 Å². The van der Waals surface area contributed by atoms with E-state index in [1.165, 1.54) is 0 Å². The van der Waals surface area contributed by atoms with Crippen molar-refractivity contribution in [1.82, 2.24) is 5.32 Å². The second kappa shape index (κ2) is 11.8. The summed E-state index contributed by atoms with van der Waals surface area (Å²) in [7, 11) is 0. The van der Waals surface area contributed by atoms with E-state index >= 15 is 0 Å². The van der Waals surface area contributed by atoms with Crippen LogP contribution in [0.25, 0.3) is 11.1 Å². The average Bonchev–Trinajstić information content (AvgIpc) is 2.73. The Morgan fingerprint density at radius 1 is 1.03 bits per heavy atom. The van der Waals surface area contributed by atoms with Crippen LogP contribution in [0.4, 0.5) is 0 Å². The number of carbonyl (C=O) groups excluding carboxylic acids is 3. The minimum Gasteiger partial charge on any atom is -0.474 e. The fraction of sp³-hybridized carbons (Fsp3) is 0.273. The smallest absolute Gasteiger partial charge is 0.394 e. The lowest BCUT2D eigenvalue weighted by molar-refractivity contribution is -0.172. The number of amides is 1. The van der Waals surface area contributed by atoms with Gasteiger partial charge in [0, 0.05) is 24.4 Å². The van der Waals surface area contributed by atoms with Crippen LogP contribution in [0.15, 0.2) is 48.5 Å². The number of rotatable bonds is 9. The zero-order chi connectivity index (χ0) is 23.7. The molecule has 0 spiro atoms. The van der Waals surface area contributed by atoms with Crippen LogP contribution < -0.4 is 5.32 Å². The Hall–Kier alpha value is -3.43. The standard InChI is InChI=1S/C22H22ClNO8/c1-13(25)31-12-32-22(30)19(26)11-18(24-20(27)21(28)29)9-14-5-7-15(8-6-14)16-3-2-4-17(23)10-16/h2-8,10,18-19,26H,9,11-12H2,1H3,(H,24,27)(H,28,29)/t18-,19-/m1/s1. The highest BCUT2D eigenvalue weighted by Gasteiger charge is 2.25. The summed E-state index contributed by atoms with van der Waals surface area (Å²) in [5.41, 5.74) is 2.54. The Bertz CT molecular complexity index is 976. The number of halogens is 1. The van der Waals surface area contributed by atoms with Crippen molar-refractivity contribution in [3.63, 3.8) is 0 Å². The number of hydrogen-bond donors (Lipinski definition) is 3. The van der Waals surface area contributed by atoms with Crippen molar-refractivity contribution in [2.45, 2.75) is 31.9 Å². The lowest BCUT2D eigenvalue weighted by Crippen LogP contribution is -2.43. The van der Waals surface area contributed by atoms with Crippen LogP contribution in [0.2, 0.25) is 5.02 Å². The largest absolute Gasteiger partial charge is 0.474 e. The third-order valence-corrected chi connectivity index (χ3v) is 4.60. The number of hydrogen-bond acceptors (Lipinski definition) is 7. The van der Waals surface area contributed by atoms with Crippen LogP contribution in [0, 0.1) is 0 Å². The van der Waals surface area contributed by atoms with Gasteiger partial charge in [-0.05, 0) is 35.2 Å². The molecule has 170 valence electrons. The number of esters is 2. The van der Waals surface area contributed by atoms with E-state index in [9.17, 15) is 24.3 Å². The number of aliphatic hydroxyl groups is 1. The maximum absolute atomic E-state index is 11.9. The van der Waals surface area contributed by atoms with E-state index in [1.807, 2.05) is 30.3 Å². The number of ether oxygens (including phenoxy) is 2. The van der Waals surface area contributed by atoms with Gasteiger partial charge < -0.3 is 25.0 Å². The molecule has 9 nitrogen and oxygen atoms in total. The Morgan fingerprint density at radius 3 is 2.31 bits per heavy atom. The van der Waals surface area contributed by atoms with Crippen LogP contribution >= 0.6 is 11.6 Å². The van der Waals surface area contributed by atoms with Crippen LogP contribution in [0.1, 0.15) is 18.9 Å². The molecular formula is C22H22ClNO8. The summed E-state index contributed by atoms with van der Waals surface area (Å²) in [6.45, 7) is 0.460. The van der Waals surface area contributed by atoms with Crippen LogP contribution in [-0.4, -0.2) is 53.0 Å². The summed E-state index contributed by atoms with van der Waals surface area (Å²) >= 11 is 6.02. The predicted octanol–water partition coefficient (Wildman–Crippen LogP) is 1.93. The van der Waals surface area contributed by atoms with E-state index in [2.05, 4.69) is 14.8 Å². The third-order valence-electron chi connectivity index (χ3n) is 4.37. The first kappa shape index (κ1) is 24.8. The van der Waals surface area contributed by atoms with Gasteiger partial charge in [0.15, 0.2) is 6.10 Å². The number of carbonyl (C=O) groups is 4. The third kappa shape index (κ3) is 8.01. The first-order valence-corrected chi connectivity index (χ1v) is 9.90. The molecule has 0 unspecified atom stereocenters. The molecule has 0 aliphatic carbocycles. The lowest BCUT2D eigenvalue weighted by atomic mass is 9.98. The Labute approximate surface area is 188 Å². The SMILES string of the molecule is CC(=O)OCOC(=O)[C@H](O)C[C@@H](Cc1ccc(-c2cccc(Cl)c2)cc1)NC(=O)C(=O)O. The van der Waals surface area contributed by atoms with E-state index in [0.717, 1.165) is 23.6 Å². The Kier molecular flexibility index (Phi) is 9.18. The Balaban J connectivity index is 2.07. The number of carboxylic acids is 1. The average molecular weight is 464 g/mol. The molecule has 0 aliphatic rings. The molecule has 0 fully saturated rings. The second-order valence-electron chi connectivity index (χ2n) is 6.86. The molecule has 1 amide bonds. The highest BCUT2D eigenvalue weighted by Crippen LogP contribution is 2.23. The van der Waals surface area contributed by atoms with Gasteiger partial charge in [0.2, 0.25) is 6.79 Å². The monoisotopic (exact) mass is 463 g/mol. The zero-order valence-electron chi connectivity index (χ0n) is 17.1. The Morgan fingerprint density at radius 2 is 1.72 bits per heavy atom. The first-order valence-electron chi connectivity index (χ1n) is 9.52. The molecule has 10 heteroatoms. The second-order valence-corrected chi connectivity index (χ2v) is 7.29. The van der Waals surface area contributed by atoms with Crippen molar-refractivity contribution in [3.8, 4) is 11.1 Å². The summed E-state index contributed by atoms with van der Waals surface area (Å²) in [6.07, 6.45) is -1.84. The van der Waals surface area contributed by atoms with Crippen molar-refractivity contribution in [2.75, 3.05) is 6.79 Å². The van der Waals surface area contributed by atoms with Gasteiger partial charge in [-0.2, -0.15) is 0 Å². The first-order chi connectivity index (χ1) is 15.2. The van der Waals surface area contributed by atoms with Crippen LogP contribution in [0.3, 0.4) is 0 Å². The highest BCUT2D eigenvalue weighted by molar-refractivity contribution is 6.31. The molecule has 0 saturated heterocycles. The maximum Gasteiger partial charge on any atom is 0.394 e. The van der Waals surface area contributed by atoms with Crippen LogP contribution in [-0.2, 0) is 35.1 Å². The molecule has 2 rings (SSSR count). The summed E-state index contributed by atoms with van der Waals surface area (Å²) in [5, 5.41) is 21.8. The summed E-state index contributed by atoms with van der Waals surface area (Å²) in [5.74, 6) is -4.71. The number of aliphatic carboxylic acids is 1. The molecular weight excluding hydrogens is 442 g/mol. The molecule has 0 saturated carbocycles. The van der Waals surface area contributed by atoms with Gasteiger partial charge in [0.05, 0.1) is 0 Å². The predicted molar refractivity (Wildman–Crippen MR) is 114 cm³/mol. The van der Waals surface area contributed by atoms with Crippen molar-refractivity contribution < 1.29 is 38.9 Å². The van der Waals surface area contributed by atoms with E-state index in [-0.39, 0.29) is 12.8 Å². The zero-order valence-corrected chi connectivity index (χ0v) is 17.9. The highest BCUT2D eigenvalue weighted by atomic mass is 35.5. The van der Waals surface area contributed by atoms with Gasteiger partial charge in [-0.25, -0.2) is 9.59 Å². The minimum absolute atomic E-state index is 0.142. The number of benzene rings is 2. The van der Waals surface area contributed by atoms with Gasteiger partial charge in [-0.3, -0.25) is 9.59 Å².